The summed E-state index contributed by atoms with van der Waals surface area (Å²) >= 11 is 0. The van der Waals surface area contributed by atoms with E-state index in [1.165, 1.54) is 0 Å². The van der Waals surface area contributed by atoms with Crippen molar-refractivity contribution in [3.63, 3.8) is 0 Å². The van der Waals surface area contributed by atoms with Gasteiger partial charge in [-0.3, -0.25) is 0 Å². The first-order valence-electron chi connectivity index (χ1n) is 17.6. The maximum atomic E-state index is 9.11. The molecule has 0 spiro atoms. The van der Waals surface area contributed by atoms with Crippen LogP contribution in [0.5, 0.6) is 0 Å². The first-order chi connectivity index (χ1) is 24.2. The quantitative estimate of drug-likeness (QED) is 0.207. The largest absolute Gasteiger partial charge is 0.456 e. The summed E-state index contributed by atoms with van der Waals surface area (Å²) in [7, 11) is 0. The van der Waals surface area contributed by atoms with E-state index in [0.717, 1.165) is 32.9 Å². The summed E-state index contributed by atoms with van der Waals surface area (Å²) < 4.78 is 83.1. The Morgan fingerprint density at radius 2 is 0.929 bits per heavy atom. The Morgan fingerprint density at radius 3 is 1.60 bits per heavy atom. The lowest BCUT2D eigenvalue weighted by atomic mass is 9.86. The highest BCUT2D eigenvalue weighted by molar-refractivity contribution is 6.21. The Kier molecular flexibility index (Phi) is 3.54. The van der Waals surface area contributed by atoms with Gasteiger partial charge in [0, 0.05) is 21.7 Å². The molecule has 0 aliphatic heterocycles. The molecule has 0 bridgehead atoms. The smallest absolute Gasteiger partial charge is 0.136 e. The predicted octanol–water partition coefficient (Wildman–Crippen LogP) is 11.6. The van der Waals surface area contributed by atoms with Crippen LogP contribution in [0.1, 0.15) is 11.0 Å². The Morgan fingerprint density at radius 1 is 0.405 bits per heavy atom. The second-order valence-corrected chi connectivity index (χ2v) is 10.3. The molecule has 2 heteroatoms. The van der Waals surface area contributed by atoms with E-state index in [4.69, 9.17) is 19.8 Å². The summed E-state index contributed by atoms with van der Waals surface area (Å²) in [5, 5.41) is 3.59. The van der Waals surface area contributed by atoms with Crippen LogP contribution in [-0.4, -0.2) is 0 Å². The Balaban J connectivity index is 1.34. The molecule has 0 fully saturated rings. The van der Waals surface area contributed by atoms with E-state index >= 15 is 0 Å². The van der Waals surface area contributed by atoms with Crippen LogP contribution in [-0.2, 0) is 0 Å². The number of hydrogen-bond acceptors (Lipinski definition) is 2. The maximum absolute atomic E-state index is 9.11. The summed E-state index contributed by atoms with van der Waals surface area (Å²) in [6.45, 7) is 0. The van der Waals surface area contributed by atoms with Gasteiger partial charge in [0.2, 0.25) is 0 Å². The van der Waals surface area contributed by atoms with E-state index in [2.05, 4.69) is 0 Å². The van der Waals surface area contributed by atoms with E-state index in [1.807, 2.05) is 60.7 Å². The highest BCUT2D eigenvalue weighted by Crippen LogP contribution is 2.44. The molecular formula is C40H24O2. The van der Waals surface area contributed by atoms with Gasteiger partial charge in [-0.05, 0) is 68.1 Å². The average Bonchev–Trinajstić information content (AvgIpc) is 3.75. The molecule has 9 aromatic rings. The number of furan rings is 2. The van der Waals surface area contributed by atoms with Crippen LogP contribution in [0, 0.1) is 0 Å². The van der Waals surface area contributed by atoms with Gasteiger partial charge in [0.15, 0.2) is 0 Å². The van der Waals surface area contributed by atoms with Crippen molar-refractivity contribution in [2.24, 2.45) is 0 Å². The number of hydrogen-bond donors (Lipinski definition) is 0. The van der Waals surface area contributed by atoms with Gasteiger partial charge in [0.05, 0.1) is 11.0 Å². The lowest BCUT2D eigenvalue weighted by Crippen LogP contribution is -1.90. The van der Waals surface area contributed by atoms with Crippen LogP contribution in [0.2, 0.25) is 0 Å². The summed E-state index contributed by atoms with van der Waals surface area (Å²) in [6.07, 6.45) is 0. The van der Waals surface area contributed by atoms with E-state index in [1.54, 1.807) is 36.4 Å². The molecule has 2 heterocycles. The summed E-state index contributed by atoms with van der Waals surface area (Å²) in [5.41, 5.74) is 4.73. The summed E-state index contributed by atoms with van der Waals surface area (Å²) in [5.74, 6) is 0.613. The van der Waals surface area contributed by atoms with E-state index < -0.39 is 24.2 Å². The third-order valence-electron chi connectivity index (χ3n) is 7.93. The van der Waals surface area contributed by atoms with Crippen LogP contribution in [0.25, 0.3) is 88.0 Å². The first kappa shape index (κ1) is 16.6. The molecule has 0 aliphatic carbocycles. The van der Waals surface area contributed by atoms with Gasteiger partial charge in [0.25, 0.3) is 0 Å². The van der Waals surface area contributed by atoms with Crippen LogP contribution in [0.3, 0.4) is 0 Å². The van der Waals surface area contributed by atoms with Crippen molar-refractivity contribution in [2.45, 2.75) is 0 Å². The zero-order valence-corrected chi connectivity index (χ0v) is 22.1. The van der Waals surface area contributed by atoms with E-state index in [0.29, 0.717) is 33.6 Å². The number of rotatable bonds is 3. The van der Waals surface area contributed by atoms with Gasteiger partial charge in [-0.15, -0.1) is 0 Å². The molecule has 0 atom stereocenters. The molecule has 9 rings (SSSR count). The van der Waals surface area contributed by atoms with Gasteiger partial charge in [-0.25, -0.2) is 0 Å². The van der Waals surface area contributed by atoms with Crippen molar-refractivity contribution in [1.82, 2.24) is 0 Å². The molecule has 0 unspecified atom stereocenters. The summed E-state index contributed by atoms with van der Waals surface area (Å²) in [6, 6.07) is 27.0. The zero-order valence-electron chi connectivity index (χ0n) is 30.1. The van der Waals surface area contributed by atoms with Gasteiger partial charge < -0.3 is 8.83 Å². The minimum atomic E-state index is -0.431. The molecule has 0 N–H and O–H groups in total. The number of fused-ring (bicyclic) bond motifs is 7. The van der Waals surface area contributed by atoms with E-state index in [9.17, 15) is 0 Å². The first-order valence-corrected chi connectivity index (χ1v) is 13.6. The standard InChI is InChI=1S/C40H24O2/c1-2-10-26(11-3-1)38-28-12-4-6-14-30(28)39(31-15-7-5-13-29(31)38)27-20-18-25(19-21-27)37-24-33-35(42-37)22-23-36-40(33)32-16-8-9-17-34(32)41-36/h1-24H/i4D,5D,6D,7D,12D,13D,14D,15D. The number of para-hydroxylation sites is 1. The Bertz CT molecular complexity index is 2810. The van der Waals surface area contributed by atoms with Crippen LogP contribution in [0.15, 0.2) is 154 Å². The average molecular weight is 545 g/mol. The topological polar surface area (TPSA) is 26.3 Å². The van der Waals surface area contributed by atoms with E-state index in [-0.39, 0.29) is 45.7 Å². The second kappa shape index (κ2) is 8.95. The molecule has 0 aliphatic rings. The van der Waals surface area contributed by atoms with Gasteiger partial charge >= 0.3 is 0 Å². The lowest BCUT2D eigenvalue weighted by molar-refractivity contribution is 0.631. The SMILES string of the molecule is [2H]c1c([2H])c([2H])c2c(-c3ccc(-c4cc5c(ccc6oc7ccccc7c65)o4)cc3)c3c([2H])c([2H])c([2H])c([2H])c3c(-c3ccccc3)c2c1[2H]. The zero-order chi connectivity index (χ0) is 34.6. The van der Waals surface area contributed by atoms with Crippen molar-refractivity contribution in [2.75, 3.05) is 0 Å². The Labute approximate surface area is 253 Å². The van der Waals surface area contributed by atoms with Gasteiger partial charge in [-0.1, -0.05) is 121 Å². The molecule has 0 amide bonds. The fourth-order valence-corrected chi connectivity index (χ4v) is 6.09. The summed E-state index contributed by atoms with van der Waals surface area (Å²) in [4.78, 5) is 0. The van der Waals surface area contributed by atoms with Crippen molar-refractivity contribution in [3.8, 4) is 33.6 Å². The van der Waals surface area contributed by atoms with Crippen LogP contribution >= 0.6 is 0 Å². The molecular weight excluding hydrogens is 512 g/mol. The Hall–Kier alpha value is -5.60. The molecule has 7 aromatic carbocycles. The molecule has 2 aromatic heterocycles. The third-order valence-corrected chi connectivity index (χ3v) is 7.93. The predicted molar refractivity (Wildman–Crippen MR) is 175 cm³/mol. The van der Waals surface area contributed by atoms with Crippen LogP contribution in [0.4, 0.5) is 0 Å². The second-order valence-electron chi connectivity index (χ2n) is 10.3. The van der Waals surface area contributed by atoms with Gasteiger partial charge in [0.1, 0.15) is 22.5 Å². The monoisotopic (exact) mass is 544 g/mol. The highest BCUT2D eigenvalue weighted by Gasteiger charge is 2.18. The van der Waals surface area contributed by atoms with Crippen LogP contribution < -0.4 is 0 Å². The van der Waals surface area contributed by atoms with Crippen molar-refractivity contribution in [3.05, 3.63) is 145 Å². The van der Waals surface area contributed by atoms with Crippen molar-refractivity contribution in [1.29, 1.82) is 0 Å². The normalized spacial score (nSPS) is 14.5. The van der Waals surface area contributed by atoms with Crippen molar-refractivity contribution >= 4 is 54.5 Å². The molecule has 0 radical (unpaired) electrons. The molecule has 2 nitrogen and oxygen atoms in total. The third kappa shape index (κ3) is 3.39. The minimum Gasteiger partial charge on any atom is -0.456 e. The van der Waals surface area contributed by atoms with Gasteiger partial charge in [-0.2, -0.15) is 0 Å². The lowest BCUT2D eigenvalue weighted by Gasteiger charge is -2.17. The highest BCUT2D eigenvalue weighted by atomic mass is 16.3. The molecule has 196 valence electrons. The molecule has 0 saturated carbocycles. The minimum absolute atomic E-state index is 0.179. The van der Waals surface area contributed by atoms with Crippen molar-refractivity contribution < 1.29 is 19.8 Å². The molecule has 0 saturated heterocycles. The number of benzene rings is 7. The fraction of sp³-hybridized carbons (Fsp3) is 0. The fourth-order valence-electron chi connectivity index (χ4n) is 6.09. The molecule has 42 heavy (non-hydrogen) atoms. The maximum Gasteiger partial charge on any atom is 0.136 e.